The van der Waals surface area contributed by atoms with Gasteiger partial charge in [-0.1, -0.05) is 43.3 Å². The molecule has 0 aliphatic heterocycles. The van der Waals surface area contributed by atoms with Crippen molar-refractivity contribution in [2.45, 2.75) is 50.5 Å². The SMILES string of the molecule is CCCc1nc(CCSc2ccc(C[C@H](OCC)C(=O)O)c3sccc23)c(-c2ccccc2)s1. The van der Waals surface area contributed by atoms with Gasteiger partial charge in [-0.05, 0) is 48.4 Å². The lowest BCUT2D eigenvalue weighted by atomic mass is 10.1. The number of aromatic nitrogens is 1. The highest BCUT2D eigenvalue weighted by Gasteiger charge is 2.20. The summed E-state index contributed by atoms with van der Waals surface area (Å²) in [4.78, 5) is 19.0. The predicted molar refractivity (Wildman–Crippen MR) is 145 cm³/mol. The second-order valence-corrected chi connectivity index (χ2v) is 11.1. The normalized spacial score (nSPS) is 12.3. The van der Waals surface area contributed by atoms with Crippen molar-refractivity contribution in [3.8, 4) is 10.4 Å². The quantitative estimate of drug-likeness (QED) is 0.202. The molecule has 4 rings (SSSR count). The summed E-state index contributed by atoms with van der Waals surface area (Å²) in [7, 11) is 0. The summed E-state index contributed by atoms with van der Waals surface area (Å²) in [6.07, 6.45) is 2.60. The molecule has 2 heterocycles. The third kappa shape index (κ3) is 5.89. The van der Waals surface area contributed by atoms with E-state index in [1.54, 1.807) is 11.3 Å². The molecule has 1 N–H and O–H groups in total. The molecule has 0 saturated heterocycles. The predicted octanol–water partition coefficient (Wildman–Crippen LogP) is 7.34. The number of rotatable bonds is 12. The lowest BCUT2D eigenvalue weighted by Gasteiger charge is -2.14. The van der Waals surface area contributed by atoms with Crippen molar-refractivity contribution >= 4 is 50.5 Å². The number of hydrogen-bond donors (Lipinski definition) is 1. The van der Waals surface area contributed by atoms with Gasteiger partial charge in [0.15, 0.2) is 6.10 Å². The van der Waals surface area contributed by atoms with Gasteiger partial charge in [0.1, 0.15) is 0 Å². The van der Waals surface area contributed by atoms with Crippen LogP contribution < -0.4 is 0 Å². The monoisotopic (exact) mass is 511 g/mol. The second kappa shape index (κ2) is 12.0. The van der Waals surface area contributed by atoms with Crippen molar-refractivity contribution in [2.24, 2.45) is 0 Å². The molecule has 0 radical (unpaired) electrons. The molecule has 0 aliphatic carbocycles. The molecule has 0 aliphatic rings. The molecule has 4 nitrogen and oxygen atoms in total. The van der Waals surface area contributed by atoms with E-state index < -0.39 is 12.1 Å². The third-order valence-corrected chi connectivity index (χ3v) is 8.82. The van der Waals surface area contributed by atoms with Gasteiger partial charge in [0.05, 0.1) is 15.6 Å². The molecule has 2 aromatic heterocycles. The zero-order valence-electron chi connectivity index (χ0n) is 19.5. The molecular formula is C27H29NO3S3. The number of carboxylic acid groups (broad SMARTS) is 1. The van der Waals surface area contributed by atoms with E-state index in [1.807, 2.05) is 30.0 Å². The number of thiazole rings is 1. The van der Waals surface area contributed by atoms with Gasteiger partial charge in [0, 0.05) is 40.2 Å². The highest BCUT2D eigenvalue weighted by molar-refractivity contribution is 7.99. The van der Waals surface area contributed by atoms with Gasteiger partial charge in [-0.3, -0.25) is 0 Å². The van der Waals surface area contributed by atoms with E-state index in [1.165, 1.54) is 31.4 Å². The van der Waals surface area contributed by atoms with Crippen molar-refractivity contribution in [1.29, 1.82) is 0 Å². The van der Waals surface area contributed by atoms with E-state index in [0.717, 1.165) is 35.3 Å². The Morgan fingerprint density at radius 2 is 1.94 bits per heavy atom. The number of fused-ring (bicyclic) bond motifs is 1. The summed E-state index contributed by atoms with van der Waals surface area (Å²) in [6.45, 7) is 4.41. The molecule has 0 saturated carbocycles. The van der Waals surface area contributed by atoms with Crippen LogP contribution in [0.1, 0.15) is 36.5 Å². The summed E-state index contributed by atoms with van der Waals surface area (Å²) in [5.74, 6) is 0.0285. The zero-order valence-corrected chi connectivity index (χ0v) is 21.9. The summed E-state index contributed by atoms with van der Waals surface area (Å²) in [6, 6.07) is 16.9. The largest absolute Gasteiger partial charge is 0.479 e. The number of carboxylic acids is 1. The van der Waals surface area contributed by atoms with Crippen LogP contribution >= 0.6 is 34.4 Å². The molecule has 4 aromatic rings. The number of thioether (sulfide) groups is 1. The number of thiophene rings is 1. The maximum atomic E-state index is 11.6. The van der Waals surface area contributed by atoms with E-state index >= 15 is 0 Å². The Morgan fingerprint density at radius 3 is 2.68 bits per heavy atom. The van der Waals surface area contributed by atoms with Crippen LogP contribution in [-0.4, -0.2) is 34.5 Å². The van der Waals surface area contributed by atoms with E-state index in [4.69, 9.17) is 9.72 Å². The molecule has 1 atom stereocenters. The molecule has 0 unspecified atom stereocenters. The molecule has 2 aromatic carbocycles. The molecule has 0 amide bonds. The Labute approximate surface area is 213 Å². The fraction of sp³-hybridized carbons (Fsp3) is 0.333. The van der Waals surface area contributed by atoms with Crippen LogP contribution in [0.4, 0.5) is 0 Å². The summed E-state index contributed by atoms with van der Waals surface area (Å²) < 4.78 is 6.59. The van der Waals surface area contributed by atoms with Crippen molar-refractivity contribution in [1.82, 2.24) is 4.98 Å². The maximum Gasteiger partial charge on any atom is 0.333 e. The number of aliphatic carboxylic acids is 1. The number of nitrogens with zero attached hydrogens (tertiary/aromatic N) is 1. The Kier molecular flexibility index (Phi) is 8.78. The van der Waals surface area contributed by atoms with Crippen molar-refractivity contribution in [3.63, 3.8) is 0 Å². The summed E-state index contributed by atoms with van der Waals surface area (Å²) in [5, 5.41) is 14.0. The van der Waals surface area contributed by atoms with Gasteiger partial charge in [0.25, 0.3) is 0 Å². The number of ether oxygens (including phenoxy) is 1. The van der Waals surface area contributed by atoms with Gasteiger partial charge < -0.3 is 9.84 Å². The zero-order chi connectivity index (χ0) is 23.9. The molecule has 0 bridgehead atoms. The van der Waals surface area contributed by atoms with Crippen molar-refractivity contribution in [3.05, 3.63) is 70.2 Å². The highest BCUT2D eigenvalue weighted by atomic mass is 32.2. The van der Waals surface area contributed by atoms with Crippen LogP contribution in [0.2, 0.25) is 0 Å². The first kappa shape index (κ1) is 24.9. The maximum absolute atomic E-state index is 11.6. The Bertz CT molecular complexity index is 1230. The minimum absolute atomic E-state index is 0.380. The van der Waals surface area contributed by atoms with Crippen LogP contribution in [0.25, 0.3) is 20.5 Å². The molecular weight excluding hydrogens is 483 g/mol. The smallest absolute Gasteiger partial charge is 0.333 e. The highest BCUT2D eigenvalue weighted by Crippen LogP contribution is 2.36. The second-order valence-electron chi connectivity index (χ2n) is 7.97. The fourth-order valence-electron chi connectivity index (χ4n) is 3.96. The number of benzene rings is 2. The van der Waals surface area contributed by atoms with Gasteiger partial charge >= 0.3 is 5.97 Å². The van der Waals surface area contributed by atoms with Crippen LogP contribution in [0.3, 0.4) is 0 Å². The topological polar surface area (TPSA) is 59.4 Å². The molecule has 0 spiro atoms. The Hall–Kier alpha value is -2.19. The van der Waals surface area contributed by atoms with Crippen LogP contribution in [0, 0.1) is 0 Å². The van der Waals surface area contributed by atoms with Crippen molar-refractivity contribution < 1.29 is 14.6 Å². The van der Waals surface area contributed by atoms with Gasteiger partial charge in [0.2, 0.25) is 0 Å². The first-order chi connectivity index (χ1) is 16.6. The van der Waals surface area contributed by atoms with E-state index in [9.17, 15) is 9.90 Å². The lowest BCUT2D eigenvalue weighted by molar-refractivity contribution is -0.149. The average molecular weight is 512 g/mol. The number of carbonyl (C=O) groups is 1. The Morgan fingerprint density at radius 1 is 1.12 bits per heavy atom. The molecule has 178 valence electrons. The van der Waals surface area contributed by atoms with Gasteiger partial charge in [-0.15, -0.1) is 34.4 Å². The first-order valence-corrected chi connectivity index (χ1v) is 14.3. The number of hydrogen-bond acceptors (Lipinski definition) is 6. The molecule has 7 heteroatoms. The summed E-state index contributed by atoms with van der Waals surface area (Å²) in [5.41, 5.74) is 3.46. The standard InChI is InChI=1S/C27H29NO3S3/c1-3-8-24-28-21(26(34-24)18-9-6-5-7-10-18)14-16-32-23-12-11-19(25-20(23)13-15-33-25)17-22(27(29)30)31-4-2/h5-7,9-13,15,22H,3-4,8,14,16-17H2,1-2H3,(H,29,30)/t22-/m0/s1. The van der Waals surface area contributed by atoms with E-state index in [-0.39, 0.29) is 0 Å². The van der Waals surface area contributed by atoms with Gasteiger partial charge in [-0.2, -0.15) is 0 Å². The average Bonchev–Trinajstić information content (AvgIpc) is 3.48. The van der Waals surface area contributed by atoms with Crippen molar-refractivity contribution in [2.75, 3.05) is 12.4 Å². The van der Waals surface area contributed by atoms with Crippen LogP contribution in [0.5, 0.6) is 0 Å². The number of aryl methyl sites for hydroxylation is 2. The first-order valence-electron chi connectivity index (χ1n) is 11.6. The summed E-state index contributed by atoms with van der Waals surface area (Å²) >= 11 is 5.33. The fourth-order valence-corrected chi connectivity index (χ4v) is 7.20. The van der Waals surface area contributed by atoms with Crippen LogP contribution in [0.15, 0.2) is 58.8 Å². The molecule has 0 fully saturated rings. The third-order valence-electron chi connectivity index (χ3n) is 5.54. The van der Waals surface area contributed by atoms with Gasteiger partial charge in [-0.25, -0.2) is 9.78 Å². The van der Waals surface area contributed by atoms with E-state index in [2.05, 4.69) is 60.8 Å². The Balaban J connectivity index is 1.50. The minimum Gasteiger partial charge on any atom is -0.479 e. The lowest BCUT2D eigenvalue weighted by Crippen LogP contribution is -2.26. The molecule has 34 heavy (non-hydrogen) atoms. The van der Waals surface area contributed by atoms with E-state index in [0.29, 0.717) is 13.0 Å². The van der Waals surface area contributed by atoms with Crippen LogP contribution in [-0.2, 0) is 28.8 Å². The minimum atomic E-state index is -0.912.